The third kappa shape index (κ3) is 3.79. The molecule has 4 nitrogen and oxygen atoms in total. The van der Waals surface area contributed by atoms with Gasteiger partial charge in [-0.2, -0.15) is 0 Å². The predicted octanol–water partition coefficient (Wildman–Crippen LogP) is 3.35. The first-order valence-electron chi connectivity index (χ1n) is 7.47. The SMILES string of the molecule is CCN(CC(=O)Nc1cc(N)ccc1C)c1ccccc1C. The first kappa shape index (κ1) is 15.9. The Morgan fingerprint density at radius 2 is 1.86 bits per heavy atom. The average Bonchev–Trinajstić information content (AvgIpc) is 2.49. The molecule has 0 radical (unpaired) electrons. The highest BCUT2D eigenvalue weighted by molar-refractivity contribution is 5.95. The van der Waals surface area contributed by atoms with Crippen molar-refractivity contribution >= 4 is 23.0 Å². The average molecular weight is 297 g/mol. The molecular weight excluding hydrogens is 274 g/mol. The van der Waals surface area contributed by atoms with Crippen LogP contribution in [0.2, 0.25) is 0 Å². The molecule has 0 spiro atoms. The number of rotatable bonds is 5. The minimum absolute atomic E-state index is 0.0428. The van der Waals surface area contributed by atoms with E-state index in [0.29, 0.717) is 12.2 Å². The Kier molecular flexibility index (Phi) is 5.04. The number of anilines is 3. The van der Waals surface area contributed by atoms with E-state index in [2.05, 4.69) is 23.2 Å². The van der Waals surface area contributed by atoms with Crippen molar-refractivity contribution in [2.45, 2.75) is 20.8 Å². The highest BCUT2D eigenvalue weighted by atomic mass is 16.2. The molecule has 0 saturated carbocycles. The van der Waals surface area contributed by atoms with Gasteiger partial charge in [-0.1, -0.05) is 24.3 Å². The monoisotopic (exact) mass is 297 g/mol. The molecule has 0 aliphatic rings. The summed E-state index contributed by atoms with van der Waals surface area (Å²) in [4.78, 5) is 14.4. The molecule has 0 fully saturated rings. The van der Waals surface area contributed by atoms with Crippen LogP contribution >= 0.6 is 0 Å². The highest BCUT2D eigenvalue weighted by Crippen LogP contribution is 2.20. The zero-order valence-corrected chi connectivity index (χ0v) is 13.4. The number of hydrogen-bond acceptors (Lipinski definition) is 3. The van der Waals surface area contributed by atoms with E-state index in [-0.39, 0.29) is 5.91 Å². The molecule has 0 aliphatic carbocycles. The van der Waals surface area contributed by atoms with Crippen LogP contribution in [0.3, 0.4) is 0 Å². The van der Waals surface area contributed by atoms with Crippen molar-refractivity contribution in [1.82, 2.24) is 0 Å². The van der Waals surface area contributed by atoms with Crippen molar-refractivity contribution in [1.29, 1.82) is 0 Å². The van der Waals surface area contributed by atoms with Crippen LogP contribution in [0.15, 0.2) is 42.5 Å². The summed E-state index contributed by atoms with van der Waals surface area (Å²) in [5.41, 5.74) is 10.4. The van der Waals surface area contributed by atoms with Gasteiger partial charge in [0.2, 0.25) is 5.91 Å². The van der Waals surface area contributed by atoms with Gasteiger partial charge in [0.25, 0.3) is 0 Å². The third-order valence-corrected chi connectivity index (χ3v) is 3.71. The summed E-state index contributed by atoms with van der Waals surface area (Å²) in [6, 6.07) is 13.6. The zero-order valence-electron chi connectivity index (χ0n) is 13.4. The Morgan fingerprint density at radius 3 is 2.55 bits per heavy atom. The van der Waals surface area contributed by atoms with E-state index in [1.54, 1.807) is 6.07 Å². The zero-order chi connectivity index (χ0) is 16.1. The Hall–Kier alpha value is -2.49. The topological polar surface area (TPSA) is 58.4 Å². The molecule has 116 valence electrons. The summed E-state index contributed by atoms with van der Waals surface area (Å²) < 4.78 is 0. The van der Waals surface area contributed by atoms with Crippen LogP contribution in [0.25, 0.3) is 0 Å². The summed E-state index contributed by atoms with van der Waals surface area (Å²) in [5.74, 6) is -0.0428. The lowest BCUT2D eigenvalue weighted by atomic mass is 10.1. The first-order chi connectivity index (χ1) is 10.5. The van der Waals surface area contributed by atoms with E-state index in [0.717, 1.165) is 29.0 Å². The molecular formula is C18H23N3O. The summed E-state index contributed by atoms with van der Waals surface area (Å²) in [5, 5.41) is 2.94. The van der Waals surface area contributed by atoms with E-state index >= 15 is 0 Å². The van der Waals surface area contributed by atoms with Crippen molar-refractivity contribution in [3.63, 3.8) is 0 Å². The van der Waals surface area contributed by atoms with Crippen LogP contribution in [-0.4, -0.2) is 19.0 Å². The Bertz CT molecular complexity index is 667. The van der Waals surface area contributed by atoms with Crippen molar-refractivity contribution in [2.24, 2.45) is 0 Å². The smallest absolute Gasteiger partial charge is 0.243 e. The van der Waals surface area contributed by atoms with Gasteiger partial charge in [-0.05, 0) is 50.1 Å². The molecule has 4 heteroatoms. The first-order valence-corrected chi connectivity index (χ1v) is 7.47. The molecule has 0 aromatic heterocycles. The standard InChI is InChI=1S/C18H23N3O/c1-4-21(17-8-6-5-7-14(17)3)12-18(22)20-16-11-15(19)10-9-13(16)2/h5-11H,4,12,19H2,1-3H3,(H,20,22). The Labute approximate surface area is 131 Å². The number of aryl methyl sites for hydroxylation is 2. The summed E-state index contributed by atoms with van der Waals surface area (Å²) >= 11 is 0. The third-order valence-electron chi connectivity index (χ3n) is 3.71. The number of benzene rings is 2. The largest absolute Gasteiger partial charge is 0.399 e. The van der Waals surface area contributed by atoms with E-state index in [9.17, 15) is 4.79 Å². The quantitative estimate of drug-likeness (QED) is 0.832. The summed E-state index contributed by atoms with van der Waals surface area (Å²) in [6.07, 6.45) is 0. The Balaban J connectivity index is 2.10. The van der Waals surface area contributed by atoms with Gasteiger partial charge in [0.1, 0.15) is 0 Å². The normalized spacial score (nSPS) is 10.3. The minimum Gasteiger partial charge on any atom is -0.399 e. The van der Waals surface area contributed by atoms with Crippen LogP contribution in [0.5, 0.6) is 0 Å². The van der Waals surface area contributed by atoms with Gasteiger partial charge in [-0.3, -0.25) is 4.79 Å². The van der Waals surface area contributed by atoms with Gasteiger partial charge < -0.3 is 16.0 Å². The fourth-order valence-corrected chi connectivity index (χ4v) is 2.42. The number of likely N-dealkylation sites (N-methyl/N-ethyl adjacent to an activating group) is 1. The van der Waals surface area contributed by atoms with Gasteiger partial charge >= 0.3 is 0 Å². The lowest BCUT2D eigenvalue weighted by Crippen LogP contribution is -2.33. The van der Waals surface area contributed by atoms with Crippen LogP contribution in [0.4, 0.5) is 17.1 Å². The number of carbonyl (C=O) groups is 1. The number of nitrogens with two attached hydrogens (primary N) is 1. The molecule has 22 heavy (non-hydrogen) atoms. The van der Waals surface area contributed by atoms with Crippen molar-refractivity contribution in [3.05, 3.63) is 53.6 Å². The van der Waals surface area contributed by atoms with Gasteiger partial charge in [-0.25, -0.2) is 0 Å². The van der Waals surface area contributed by atoms with E-state index in [1.165, 1.54) is 0 Å². The lowest BCUT2D eigenvalue weighted by Gasteiger charge is -2.24. The number of nitrogen functional groups attached to an aromatic ring is 1. The molecule has 2 aromatic carbocycles. The molecule has 3 N–H and O–H groups in total. The predicted molar refractivity (Wildman–Crippen MR) is 93.3 cm³/mol. The maximum Gasteiger partial charge on any atom is 0.243 e. The Morgan fingerprint density at radius 1 is 1.14 bits per heavy atom. The molecule has 0 aliphatic heterocycles. The highest BCUT2D eigenvalue weighted by Gasteiger charge is 2.12. The van der Waals surface area contributed by atoms with E-state index in [1.807, 2.05) is 44.2 Å². The van der Waals surface area contributed by atoms with Crippen molar-refractivity contribution < 1.29 is 4.79 Å². The van der Waals surface area contributed by atoms with E-state index < -0.39 is 0 Å². The van der Waals surface area contributed by atoms with Gasteiger partial charge in [0.15, 0.2) is 0 Å². The number of hydrogen-bond donors (Lipinski definition) is 2. The lowest BCUT2D eigenvalue weighted by molar-refractivity contribution is -0.115. The van der Waals surface area contributed by atoms with E-state index in [4.69, 9.17) is 5.73 Å². The molecule has 0 saturated heterocycles. The van der Waals surface area contributed by atoms with Crippen LogP contribution < -0.4 is 16.0 Å². The minimum atomic E-state index is -0.0428. The van der Waals surface area contributed by atoms with Gasteiger partial charge in [0.05, 0.1) is 6.54 Å². The van der Waals surface area contributed by atoms with Crippen LogP contribution in [0, 0.1) is 13.8 Å². The summed E-state index contributed by atoms with van der Waals surface area (Å²) in [6.45, 7) is 7.14. The second-order valence-electron chi connectivity index (χ2n) is 5.42. The molecule has 0 bridgehead atoms. The van der Waals surface area contributed by atoms with Gasteiger partial charge in [0, 0.05) is 23.6 Å². The summed E-state index contributed by atoms with van der Waals surface area (Å²) in [7, 11) is 0. The number of amides is 1. The molecule has 2 aromatic rings. The maximum atomic E-state index is 12.3. The van der Waals surface area contributed by atoms with Crippen LogP contribution in [0.1, 0.15) is 18.1 Å². The molecule has 2 rings (SSSR count). The number of carbonyl (C=O) groups excluding carboxylic acids is 1. The molecule has 0 heterocycles. The fourth-order valence-electron chi connectivity index (χ4n) is 2.42. The number of para-hydroxylation sites is 1. The molecule has 1 amide bonds. The van der Waals surface area contributed by atoms with Gasteiger partial charge in [-0.15, -0.1) is 0 Å². The second-order valence-corrected chi connectivity index (χ2v) is 5.42. The van der Waals surface area contributed by atoms with Crippen molar-refractivity contribution in [2.75, 3.05) is 29.0 Å². The molecule has 0 unspecified atom stereocenters. The van der Waals surface area contributed by atoms with Crippen molar-refractivity contribution in [3.8, 4) is 0 Å². The second kappa shape index (κ2) is 6.98. The maximum absolute atomic E-state index is 12.3. The van der Waals surface area contributed by atoms with Crippen LogP contribution in [-0.2, 0) is 4.79 Å². The number of nitrogens with zero attached hydrogens (tertiary/aromatic N) is 1. The number of nitrogens with one attached hydrogen (secondary N) is 1. The fraction of sp³-hybridized carbons (Fsp3) is 0.278. The molecule has 0 atom stereocenters.